The lowest BCUT2D eigenvalue weighted by Gasteiger charge is -2.09. The van der Waals surface area contributed by atoms with Crippen molar-refractivity contribution in [1.29, 1.82) is 0 Å². The number of ether oxygens (including phenoxy) is 2. The molecule has 0 aliphatic rings. The molecule has 0 radical (unpaired) electrons. The summed E-state index contributed by atoms with van der Waals surface area (Å²) in [6, 6.07) is 10.6. The molecule has 0 aliphatic carbocycles. The van der Waals surface area contributed by atoms with Gasteiger partial charge in [0.15, 0.2) is 0 Å². The third kappa shape index (κ3) is 4.83. The number of esters is 2. The quantitative estimate of drug-likeness (QED) is 0.525. The van der Waals surface area contributed by atoms with E-state index in [1.54, 1.807) is 24.5 Å². The summed E-state index contributed by atoms with van der Waals surface area (Å²) in [6.07, 6.45) is 3.40. The third-order valence-electron chi connectivity index (χ3n) is 4.46. The van der Waals surface area contributed by atoms with E-state index in [9.17, 15) is 13.8 Å². The Morgan fingerprint density at radius 3 is 2.52 bits per heavy atom. The number of hydrogen-bond acceptors (Lipinski definition) is 6. The zero-order valence-corrected chi connectivity index (χ0v) is 17.5. The molecule has 3 aromatic rings. The monoisotopic (exact) mass is 416 g/mol. The second kappa shape index (κ2) is 9.19. The van der Waals surface area contributed by atoms with E-state index in [4.69, 9.17) is 9.47 Å². The predicted molar refractivity (Wildman–Crippen MR) is 113 cm³/mol. The van der Waals surface area contributed by atoms with Gasteiger partial charge in [0.2, 0.25) is 0 Å². The van der Waals surface area contributed by atoms with Crippen molar-refractivity contribution in [1.82, 2.24) is 9.30 Å². The van der Waals surface area contributed by atoms with Crippen LogP contribution in [0.1, 0.15) is 20.7 Å². The molecule has 0 bridgehead atoms. The lowest BCUT2D eigenvalue weighted by molar-refractivity contribution is 0.0484. The van der Waals surface area contributed by atoms with Crippen LogP contribution in [0.3, 0.4) is 0 Å². The van der Waals surface area contributed by atoms with Gasteiger partial charge in [-0.2, -0.15) is 0 Å². The minimum atomic E-state index is -1.02. The normalized spacial score (nSPS) is 12.4. The molecule has 154 valence electrons. The number of likely N-dealkylation sites (N-methyl/N-ethyl adjacent to an activating group) is 1. The van der Waals surface area contributed by atoms with Gasteiger partial charge in [-0.15, -0.1) is 0 Å². The van der Waals surface area contributed by atoms with Crippen LogP contribution in [0.2, 0.25) is 0 Å². The van der Waals surface area contributed by atoms with E-state index in [-0.39, 0.29) is 6.61 Å². The Labute approximate surface area is 171 Å². The molecule has 0 saturated heterocycles. The average molecular weight is 416 g/mol. The van der Waals surface area contributed by atoms with E-state index in [1.807, 2.05) is 47.8 Å². The Kier molecular flexibility index (Phi) is 6.66. The van der Waals surface area contributed by atoms with Gasteiger partial charge in [0.1, 0.15) is 13.2 Å². The molecule has 0 saturated carbocycles. The molecular weight excluding hydrogens is 392 g/mol. The van der Waals surface area contributed by atoms with E-state index < -0.39 is 22.7 Å². The molecule has 1 atom stereocenters. The summed E-state index contributed by atoms with van der Waals surface area (Å²) >= 11 is 0. The van der Waals surface area contributed by atoms with Crippen LogP contribution in [-0.2, 0) is 20.3 Å². The van der Waals surface area contributed by atoms with Gasteiger partial charge in [-0.25, -0.2) is 9.59 Å². The Bertz CT molecular complexity index is 1070. The number of pyridine rings is 1. The highest BCUT2D eigenvalue weighted by molar-refractivity contribution is 7.84. The van der Waals surface area contributed by atoms with Gasteiger partial charge in [0.05, 0.1) is 27.9 Å². The summed E-state index contributed by atoms with van der Waals surface area (Å²) in [5.74, 6) is -0.588. The number of aromatic nitrogens is 1. The Morgan fingerprint density at radius 2 is 1.79 bits per heavy atom. The van der Waals surface area contributed by atoms with Crippen molar-refractivity contribution in [2.45, 2.75) is 0 Å². The molecule has 8 heteroatoms. The molecule has 29 heavy (non-hydrogen) atoms. The third-order valence-corrected chi connectivity index (χ3v) is 5.20. The zero-order valence-electron chi connectivity index (χ0n) is 16.7. The molecule has 0 N–H and O–H groups in total. The van der Waals surface area contributed by atoms with Crippen molar-refractivity contribution >= 4 is 39.2 Å². The van der Waals surface area contributed by atoms with Gasteiger partial charge in [0, 0.05) is 35.2 Å². The lowest BCUT2D eigenvalue weighted by atomic mass is 10.1. The first kappa shape index (κ1) is 21.0. The molecule has 0 spiro atoms. The number of nitrogens with zero attached hydrogens (tertiary/aromatic N) is 2. The summed E-state index contributed by atoms with van der Waals surface area (Å²) in [5.41, 5.74) is 2.27. The number of hydrogen-bond donors (Lipinski definition) is 0. The minimum Gasteiger partial charge on any atom is -0.461 e. The molecule has 0 amide bonds. The Hall–Kier alpha value is -2.71. The van der Waals surface area contributed by atoms with Crippen LogP contribution < -0.4 is 0 Å². The number of rotatable bonds is 8. The summed E-state index contributed by atoms with van der Waals surface area (Å²) in [4.78, 5) is 27.0. The average Bonchev–Trinajstić information content (AvgIpc) is 3.01. The molecule has 1 aromatic carbocycles. The fraction of sp³-hybridized carbons (Fsp3) is 0.333. The standard InChI is InChI=1S/C21H24N2O5S/c1-22(2)10-11-27-21(25)19-16-8-7-15(20(24)28-12-13-29(3)26)14-18(16)23-9-5-4-6-17(19)23/h4-9,14H,10-13H2,1-3H3. The van der Waals surface area contributed by atoms with Crippen molar-refractivity contribution in [3.63, 3.8) is 0 Å². The molecule has 2 heterocycles. The van der Waals surface area contributed by atoms with Gasteiger partial charge in [-0.05, 0) is 38.4 Å². The van der Waals surface area contributed by atoms with Gasteiger partial charge in [-0.3, -0.25) is 4.21 Å². The van der Waals surface area contributed by atoms with Gasteiger partial charge >= 0.3 is 11.9 Å². The number of benzene rings is 1. The van der Waals surface area contributed by atoms with Crippen LogP contribution in [0.4, 0.5) is 0 Å². The molecule has 0 fully saturated rings. The van der Waals surface area contributed by atoms with Crippen LogP contribution in [0.25, 0.3) is 16.4 Å². The van der Waals surface area contributed by atoms with E-state index in [0.717, 1.165) is 0 Å². The maximum Gasteiger partial charge on any atom is 0.341 e. The van der Waals surface area contributed by atoms with Crippen molar-refractivity contribution in [3.8, 4) is 0 Å². The first-order chi connectivity index (χ1) is 13.9. The summed E-state index contributed by atoms with van der Waals surface area (Å²) in [7, 11) is 2.80. The zero-order chi connectivity index (χ0) is 21.0. The summed E-state index contributed by atoms with van der Waals surface area (Å²) < 4.78 is 23.6. The van der Waals surface area contributed by atoms with Crippen LogP contribution in [0, 0.1) is 0 Å². The topological polar surface area (TPSA) is 77.3 Å². The largest absolute Gasteiger partial charge is 0.461 e. The van der Waals surface area contributed by atoms with Gasteiger partial charge in [-0.1, -0.05) is 12.1 Å². The number of carbonyl (C=O) groups is 2. The summed E-state index contributed by atoms with van der Waals surface area (Å²) in [6.45, 7) is 1.02. The summed E-state index contributed by atoms with van der Waals surface area (Å²) in [5, 5.41) is 0.706. The Balaban J connectivity index is 1.95. The van der Waals surface area contributed by atoms with E-state index >= 15 is 0 Å². The SMILES string of the molecule is CN(C)CCOC(=O)c1c2ccc(C(=O)OCCS(C)=O)cc2n2ccccc12. The lowest BCUT2D eigenvalue weighted by Crippen LogP contribution is -2.20. The molecule has 1 unspecified atom stereocenters. The number of carbonyl (C=O) groups excluding carboxylic acids is 2. The van der Waals surface area contributed by atoms with Gasteiger partial charge in [0.25, 0.3) is 0 Å². The molecule has 7 nitrogen and oxygen atoms in total. The van der Waals surface area contributed by atoms with Crippen molar-refractivity contribution in [2.75, 3.05) is 45.9 Å². The number of fused-ring (bicyclic) bond motifs is 3. The van der Waals surface area contributed by atoms with Crippen molar-refractivity contribution < 1.29 is 23.3 Å². The van der Waals surface area contributed by atoms with Crippen LogP contribution >= 0.6 is 0 Å². The highest BCUT2D eigenvalue weighted by Crippen LogP contribution is 2.28. The first-order valence-corrected chi connectivity index (χ1v) is 10.9. The van der Waals surface area contributed by atoms with Crippen LogP contribution in [0.5, 0.6) is 0 Å². The minimum absolute atomic E-state index is 0.0956. The highest BCUT2D eigenvalue weighted by Gasteiger charge is 2.21. The van der Waals surface area contributed by atoms with Crippen LogP contribution in [-0.4, -0.2) is 71.3 Å². The maximum atomic E-state index is 12.8. The van der Waals surface area contributed by atoms with Gasteiger partial charge < -0.3 is 18.8 Å². The van der Waals surface area contributed by atoms with E-state index in [1.165, 1.54) is 0 Å². The fourth-order valence-electron chi connectivity index (χ4n) is 3.01. The molecular formula is C21H24N2O5S. The Morgan fingerprint density at radius 1 is 1.03 bits per heavy atom. The van der Waals surface area contributed by atoms with Crippen LogP contribution in [0.15, 0.2) is 42.6 Å². The maximum absolute atomic E-state index is 12.8. The van der Waals surface area contributed by atoms with Crippen molar-refractivity contribution in [2.24, 2.45) is 0 Å². The second-order valence-electron chi connectivity index (χ2n) is 6.92. The second-order valence-corrected chi connectivity index (χ2v) is 8.47. The smallest absolute Gasteiger partial charge is 0.341 e. The molecule has 0 aliphatic heterocycles. The predicted octanol–water partition coefficient (Wildman–Crippen LogP) is 2.35. The van der Waals surface area contributed by atoms with E-state index in [2.05, 4.69) is 0 Å². The highest BCUT2D eigenvalue weighted by atomic mass is 32.2. The molecule has 3 rings (SSSR count). The molecule has 2 aromatic heterocycles. The fourth-order valence-corrected chi connectivity index (χ4v) is 3.32. The first-order valence-electron chi connectivity index (χ1n) is 9.20. The van der Waals surface area contributed by atoms with Crippen molar-refractivity contribution in [3.05, 3.63) is 53.7 Å². The van der Waals surface area contributed by atoms with E-state index in [0.29, 0.717) is 46.5 Å².